The molecular weight excluding hydrogens is 270 g/mol. The summed E-state index contributed by atoms with van der Waals surface area (Å²) >= 11 is 0. The Morgan fingerprint density at radius 2 is 0.810 bits per heavy atom. The summed E-state index contributed by atoms with van der Waals surface area (Å²) in [6.07, 6.45) is 0. The van der Waals surface area contributed by atoms with Gasteiger partial charge in [-0.05, 0) is 0 Å². The van der Waals surface area contributed by atoms with E-state index in [1.165, 1.54) is 0 Å². The summed E-state index contributed by atoms with van der Waals surface area (Å²) in [4.78, 5) is 0. The fraction of sp³-hybridized carbons (Fsp3) is 0.250. The van der Waals surface area contributed by atoms with E-state index in [0.717, 1.165) is 11.4 Å². The fourth-order valence-electron chi connectivity index (χ4n) is 1.86. The molecule has 2 rings (SSSR count). The van der Waals surface area contributed by atoms with Gasteiger partial charge in [-0.1, -0.05) is 0 Å². The van der Waals surface area contributed by atoms with E-state index in [4.69, 9.17) is 18.9 Å². The summed E-state index contributed by atoms with van der Waals surface area (Å²) in [7, 11) is 6.42. The number of nitrogens with zero attached hydrogens (tertiary/aromatic N) is 1. The van der Waals surface area contributed by atoms with Crippen molar-refractivity contribution < 1.29 is 18.9 Å². The van der Waals surface area contributed by atoms with E-state index in [9.17, 15) is 0 Å². The minimum Gasteiger partial charge on any atom is -0.497 e. The van der Waals surface area contributed by atoms with Crippen molar-refractivity contribution in [3.05, 3.63) is 36.4 Å². The van der Waals surface area contributed by atoms with Gasteiger partial charge in [0.05, 0.1) is 39.8 Å². The predicted octanol–water partition coefficient (Wildman–Crippen LogP) is 3.29. The Labute approximate surface area is 124 Å². The molecule has 0 saturated heterocycles. The summed E-state index contributed by atoms with van der Waals surface area (Å²) in [6.45, 7) is 0. The van der Waals surface area contributed by atoms with E-state index >= 15 is 0 Å². The third kappa shape index (κ3) is 3.72. The maximum atomic E-state index is 5.24. The van der Waals surface area contributed by atoms with Gasteiger partial charge in [0.1, 0.15) is 23.0 Å². The first-order valence-electron chi connectivity index (χ1n) is 6.36. The molecule has 0 spiro atoms. The molecule has 0 aliphatic rings. The minimum atomic E-state index is 0.683. The third-order valence-corrected chi connectivity index (χ3v) is 2.93. The first kappa shape index (κ1) is 14.8. The summed E-state index contributed by atoms with van der Waals surface area (Å²) in [6, 6.07) is 10.9. The topological polar surface area (TPSA) is 51.0 Å². The zero-order valence-electron chi connectivity index (χ0n) is 12.5. The molecule has 0 bridgehead atoms. The van der Waals surface area contributed by atoms with Crippen molar-refractivity contribution in [2.24, 2.45) is 0 Å². The highest BCUT2D eigenvalue weighted by molar-refractivity contribution is 5.58. The van der Waals surface area contributed by atoms with Crippen LogP contribution in [0, 0.1) is 0 Å². The Hall–Kier alpha value is -2.56. The van der Waals surface area contributed by atoms with Gasteiger partial charge < -0.3 is 18.9 Å². The van der Waals surface area contributed by atoms with Crippen LogP contribution in [-0.2, 0) is 0 Å². The molecular formula is C16H18NO4. The monoisotopic (exact) mass is 288 g/mol. The summed E-state index contributed by atoms with van der Waals surface area (Å²) in [5.41, 5.74) is 1.45. The molecule has 5 nitrogen and oxygen atoms in total. The smallest absolute Gasteiger partial charge is 0.124 e. The molecule has 0 amide bonds. The van der Waals surface area contributed by atoms with Crippen LogP contribution >= 0.6 is 0 Å². The molecule has 0 unspecified atom stereocenters. The molecule has 21 heavy (non-hydrogen) atoms. The molecule has 0 aromatic heterocycles. The van der Waals surface area contributed by atoms with Crippen LogP contribution in [0.1, 0.15) is 0 Å². The normalized spacial score (nSPS) is 9.90. The number of rotatable bonds is 6. The maximum Gasteiger partial charge on any atom is 0.124 e. The van der Waals surface area contributed by atoms with Crippen LogP contribution in [0.2, 0.25) is 0 Å². The van der Waals surface area contributed by atoms with Crippen LogP contribution in [0.15, 0.2) is 36.4 Å². The van der Waals surface area contributed by atoms with Crippen LogP contribution in [0.5, 0.6) is 23.0 Å². The number of methoxy groups -OCH3 is 4. The van der Waals surface area contributed by atoms with E-state index in [0.29, 0.717) is 23.0 Å². The van der Waals surface area contributed by atoms with Gasteiger partial charge in [-0.15, -0.1) is 0 Å². The Balaban J connectivity index is 2.32. The molecule has 0 saturated carbocycles. The molecule has 0 aliphatic heterocycles. The fourth-order valence-corrected chi connectivity index (χ4v) is 1.86. The van der Waals surface area contributed by atoms with Gasteiger partial charge in [0.25, 0.3) is 0 Å². The highest BCUT2D eigenvalue weighted by atomic mass is 16.5. The third-order valence-electron chi connectivity index (χ3n) is 2.93. The molecule has 2 aromatic carbocycles. The van der Waals surface area contributed by atoms with Crippen molar-refractivity contribution in [2.45, 2.75) is 0 Å². The summed E-state index contributed by atoms with van der Waals surface area (Å²) in [5.74, 6) is 2.73. The van der Waals surface area contributed by atoms with Gasteiger partial charge in [0.15, 0.2) is 0 Å². The van der Waals surface area contributed by atoms with Crippen molar-refractivity contribution in [3.8, 4) is 23.0 Å². The Morgan fingerprint density at radius 1 is 0.524 bits per heavy atom. The van der Waals surface area contributed by atoms with Crippen molar-refractivity contribution in [3.63, 3.8) is 0 Å². The van der Waals surface area contributed by atoms with Gasteiger partial charge in [0, 0.05) is 36.4 Å². The molecule has 1 radical (unpaired) electrons. The lowest BCUT2D eigenvalue weighted by atomic mass is 10.2. The quantitative estimate of drug-likeness (QED) is 0.818. The van der Waals surface area contributed by atoms with Gasteiger partial charge in [-0.2, -0.15) is 0 Å². The zero-order valence-corrected chi connectivity index (χ0v) is 12.5. The Bertz CT molecular complexity index is 515. The van der Waals surface area contributed by atoms with Crippen molar-refractivity contribution >= 4 is 11.4 Å². The highest BCUT2D eigenvalue weighted by Crippen LogP contribution is 2.31. The lowest BCUT2D eigenvalue weighted by Crippen LogP contribution is -1.94. The van der Waals surface area contributed by atoms with Crippen molar-refractivity contribution in [1.29, 1.82) is 0 Å². The van der Waals surface area contributed by atoms with Crippen LogP contribution in [-0.4, -0.2) is 28.4 Å². The number of hydrogen-bond donors (Lipinski definition) is 0. The van der Waals surface area contributed by atoms with Gasteiger partial charge in [-0.3, -0.25) is 0 Å². The van der Waals surface area contributed by atoms with Crippen LogP contribution < -0.4 is 24.3 Å². The predicted molar refractivity (Wildman–Crippen MR) is 80.5 cm³/mol. The Morgan fingerprint density at radius 3 is 1.05 bits per heavy atom. The first-order valence-corrected chi connectivity index (χ1v) is 6.36. The second kappa shape index (κ2) is 6.74. The van der Waals surface area contributed by atoms with Gasteiger partial charge >= 0.3 is 0 Å². The molecule has 5 heteroatoms. The highest BCUT2D eigenvalue weighted by Gasteiger charge is 2.07. The molecule has 111 valence electrons. The van der Waals surface area contributed by atoms with E-state index in [1.807, 2.05) is 24.3 Å². The molecule has 0 atom stereocenters. The van der Waals surface area contributed by atoms with Gasteiger partial charge in [-0.25, -0.2) is 5.32 Å². The van der Waals surface area contributed by atoms with Crippen LogP contribution in [0.4, 0.5) is 11.4 Å². The largest absolute Gasteiger partial charge is 0.497 e. The lowest BCUT2D eigenvalue weighted by molar-refractivity contribution is 0.394. The van der Waals surface area contributed by atoms with E-state index < -0.39 is 0 Å². The molecule has 2 aromatic rings. The average Bonchev–Trinajstić information content (AvgIpc) is 2.53. The van der Waals surface area contributed by atoms with Crippen molar-refractivity contribution in [2.75, 3.05) is 28.4 Å². The molecule has 0 fully saturated rings. The minimum absolute atomic E-state index is 0.683. The molecule has 0 aliphatic carbocycles. The SMILES string of the molecule is COc1cc([N]c2cc(OC)cc(OC)c2)cc(OC)c1. The molecule has 0 N–H and O–H groups in total. The number of benzene rings is 2. The maximum absolute atomic E-state index is 5.24. The van der Waals surface area contributed by atoms with Gasteiger partial charge in [0.2, 0.25) is 0 Å². The Kier molecular flexibility index (Phi) is 4.77. The van der Waals surface area contributed by atoms with E-state index in [1.54, 1.807) is 40.6 Å². The molecule has 0 heterocycles. The second-order valence-corrected chi connectivity index (χ2v) is 4.25. The van der Waals surface area contributed by atoms with Crippen molar-refractivity contribution in [1.82, 2.24) is 5.32 Å². The number of ether oxygens (including phenoxy) is 4. The first-order chi connectivity index (χ1) is 10.2. The van der Waals surface area contributed by atoms with E-state index in [-0.39, 0.29) is 0 Å². The summed E-state index contributed by atoms with van der Waals surface area (Å²) in [5, 5.41) is 4.56. The average molecular weight is 288 g/mol. The van der Waals surface area contributed by atoms with Crippen LogP contribution in [0.3, 0.4) is 0 Å². The lowest BCUT2D eigenvalue weighted by Gasteiger charge is -2.11. The van der Waals surface area contributed by atoms with Crippen LogP contribution in [0.25, 0.3) is 0 Å². The summed E-state index contributed by atoms with van der Waals surface area (Å²) < 4.78 is 20.9. The standard InChI is InChI=1S/C16H18NO4/c1-18-13-5-11(6-14(9-13)19-2)17-12-7-15(20-3)10-16(8-12)21-4/h5-10H,1-4H3. The number of hydrogen-bond acceptors (Lipinski definition) is 4. The van der Waals surface area contributed by atoms with E-state index in [2.05, 4.69) is 5.32 Å². The second-order valence-electron chi connectivity index (χ2n) is 4.25. The zero-order chi connectivity index (χ0) is 15.2.